The Morgan fingerprint density at radius 3 is 1.96 bits per heavy atom. The summed E-state index contributed by atoms with van der Waals surface area (Å²) in [5.41, 5.74) is 1.41. The third-order valence-corrected chi connectivity index (χ3v) is 4.83. The zero-order valence-corrected chi connectivity index (χ0v) is 15.0. The summed E-state index contributed by atoms with van der Waals surface area (Å²) in [5.74, 6) is 0.665. The van der Waals surface area contributed by atoms with Crippen LogP contribution in [-0.2, 0) is 0 Å². The standard InChI is InChI=1S/C22H18N2O3/c1-23(22-18-10-6-4-8-16(18)12-14-20(22)27-2)21-17-9-5-3-7-15(17)11-13-19(21)24(25)26/h3-14H,1-2H3. The molecule has 0 amide bonds. The highest BCUT2D eigenvalue weighted by molar-refractivity contribution is 6.06. The first-order valence-electron chi connectivity index (χ1n) is 8.57. The van der Waals surface area contributed by atoms with Gasteiger partial charge in [0.05, 0.1) is 17.7 Å². The van der Waals surface area contributed by atoms with Gasteiger partial charge in [0.25, 0.3) is 5.69 Å². The zero-order chi connectivity index (χ0) is 19.0. The lowest BCUT2D eigenvalue weighted by Crippen LogP contribution is -2.14. The van der Waals surface area contributed by atoms with Gasteiger partial charge in [-0.25, -0.2) is 0 Å². The van der Waals surface area contributed by atoms with Crippen molar-refractivity contribution in [2.75, 3.05) is 19.1 Å². The molecular weight excluding hydrogens is 340 g/mol. The average molecular weight is 358 g/mol. The Morgan fingerprint density at radius 2 is 1.37 bits per heavy atom. The maximum absolute atomic E-state index is 11.8. The lowest BCUT2D eigenvalue weighted by molar-refractivity contribution is -0.384. The molecule has 0 heterocycles. The number of nitrogens with zero attached hydrogens (tertiary/aromatic N) is 2. The molecule has 0 fully saturated rings. The van der Waals surface area contributed by atoms with E-state index >= 15 is 0 Å². The molecular formula is C22H18N2O3. The number of rotatable bonds is 4. The number of methoxy groups -OCH3 is 1. The van der Waals surface area contributed by atoms with Crippen molar-refractivity contribution in [3.05, 3.63) is 82.9 Å². The van der Waals surface area contributed by atoms with Gasteiger partial charge in [-0.1, -0.05) is 54.6 Å². The molecule has 0 aliphatic carbocycles. The Hall–Kier alpha value is -3.60. The first-order chi connectivity index (χ1) is 13.1. The minimum atomic E-state index is -0.337. The van der Waals surface area contributed by atoms with Crippen LogP contribution in [0.3, 0.4) is 0 Å². The van der Waals surface area contributed by atoms with Gasteiger partial charge in [-0.2, -0.15) is 0 Å². The molecule has 0 aromatic heterocycles. The summed E-state index contributed by atoms with van der Waals surface area (Å²) in [6, 6.07) is 22.9. The van der Waals surface area contributed by atoms with Crippen LogP contribution in [0.5, 0.6) is 5.75 Å². The molecule has 4 aromatic carbocycles. The van der Waals surface area contributed by atoms with E-state index < -0.39 is 0 Å². The lowest BCUT2D eigenvalue weighted by atomic mass is 10.0. The highest BCUT2D eigenvalue weighted by Gasteiger charge is 2.24. The number of nitro groups is 1. The van der Waals surface area contributed by atoms with Crippen molar-refractivity contribution >= 4 is 38.6 Å². The summed E-state index contributed by atoms with van der Waals surface area (Å²) in [6.45, 7) is 0. The van der Waals surface area contributed by atoms with Gasteiger partial charge in [0.1, 0.15) is 11.4 Å². The molecule has 134 valence electrons. The second-order valence-electron chi connectivity index (χ2n) is 6.31. The molecule has 5 nitrogen and oxygen atoms in total. The maximum Gasteiger partial charge on any atom is 0.293 e. The van der Waals surface area contributed by atoms with E-state index in [4.69, 9.17) is 4.74 Å². The third kappa shape index (κ3) is 2.73. The molecule has 0 atom stereocenters. The van der Waals surface area contributed by atoms with E-state index in [1.54, 1.807) is 19.2 Å². The van der Waals surface area contributed by atoms with Gasteiger partial charge in [-0.3, -0.25) is 10.1 Å². The highest BCUT2D eigenvalue weighted by atomic mass is 16.6. The van der Waals surface area contributed by atoms with E-state index in [0.717, 1.165) is 27.2 Å². The van der Waals surface area contributed by atoms with Crippen molar-refractivity contribution in [1.82, 2.24) is 0 Å². The van der Waals surface area contributed by atoms with E-state index in [1.165, 1.54) is 0 Å². The van der Waals surface area contributed by atoms with Gasteiger partial charge in [-0.05, 0) is 22.9 Å². The molecule has 0 saturated heterocycles. The van der Waals surface area contributed by atoms with Crippen LogP contribution in [0, 0.1) is 10.1 Å². The summed E-state index contributed by atoms with van der Waals surface area (Å²) >= 11 is 0. The number of hydrogen-bond acceptors (Lipinski definition) is 4. The van der Waals surface area contributed by atoms with E-state index in [9.17, 15) is 10.1 Å². The molecule has 0 bridgehead atoms. The van der Waals surface area contributed by atoms with Gasteiger partial charge >= 0.3 is 0 Å². The normalized spacial score (nSPS) is 10.9. The van der Waals surface area contributed by atoms with Crippen molar-refractivity contribution in [1.29, 1.82) is 0 Å². The molecule has 0 unspecified atom stereocenters. The highest BCUT2D eigenvalue weighted by Crippen LogP contribution is 2.44. The van der Waals surface area contributed by atoms with Crippen molar-refractivity contribution in [3.8, 4) is 5.75 Å². The average Bonchev–Trinajstić information content (AvgIpc) is 2.71. The summed E-state index contributed by atoms with van der Waals surface area (Å²) in [5, 5.41) is 15.6. The Kier molecular flexibility index (Phi) is 4.12. The van der Waals surface area contributed by atoms with Crippen LogP contribution in [0.2, 0.25) is 0 Å². The van der Waals surface area contributed by atoms with Crippen LogP contribution in [0.4, 0.5) is 17.1 Å². The van der Waals surface area contributed by atoms with E-state index in [0.29, 0.717) is 11.4 Å². The molecule has 0 spiro atoms. The van der Waals surface area contributed by atoms with Crippen LogP contribution < -0.4 is 9.64 Å². The van der Waals surface area contributed by atoms with Crippen molar-refractivity contribution in [2.45, 2.75) is 0 Å². The van der Waals surface area contributed by atoms with Crippen LogP contribution in [0.1, 0.15) is 0 Å². The van der Waals surface area contributed by atoms with Gasteiger partial charge in [0.15, 0.2) is 0 Å². The molecule has 0 aliphatic heterocycles. The molecule has 27 heavy (non-hydrogen) atoms. The number of fused-ring (bicyclic) bond motifs is 2. The number of ether oxygens (including phenoxy) is 1. The summed E-state index contributed by atoms with van der Waals surface area (Å²) in [6.07, 6.45) is 0. The predicted octanol–water partition coefficient (Wildman–Crippen LogP) is 5.68. The summed E-state index contributed by atoms with van der Waals surface area (Å²) < 4.78 is 5.60. The molecule has 4 rings (SSSR count). The van der Waals surface area contributed by atoms with Gasteiger partial charge in [0.2, 0.25) is 0 Å². The second-order valence-corrected chi connectivity index (χ2v) is 6.31. The lowest BCUT2D eigenvalue weighted by Gasteiger charge is -2.25. The van der Waals surface area contributed by atoms with Crippen molar-refractivity contribution < 1.29 is 9.66 Å². The fourth-order valence-corrected chi connectivity index (χ4v) is 3.60. The molecule has 0 N–H and O–H groups in total. The van der Waals surface area contributed by atoms with Crippen molar-refractivity contribution in [3.63, 3.8) is 0 Å². The Bertz CT molecular complexity index is 1170. The van der Waals surface area contributed by atoms with Crippen LogP contribution in [0.25, 0.3) is 21.5 Å². The fourth-order valence-electron chi connectivity index (χ4n) is 3.60. The smallest absolute Gasteiger partial charge is 0.293 e. The Labute approximate surface area is 156 Å². The monoisotopic (exact) mass is 358 g/mol. The SMILES string of the molecule is COc1ccc2ccccc2c1N(C)c1c([N+](=O)[O-])ccc2ccccc12. The van der Waals surface area contributed by atoms with E-state index in [2.05, 4.69) is 0 Å². The Morgan fingerprint density at radius 1 is 0.815 bits per heavy atom. The van der Waals surface area contributed by atoms with Crippen LogP contribution in [0.15, 0.2) is 72.8 Å². The third-order valence-electron chi connectivity index (χ3n) is 4.83. The summed E-state index contributed by atoms with van der Waals surface area (Å²) in [7, 11) is 3.46. The number of hydrogen-bond donors (Lipinski definition) is 0. The topological polar surface area (TPSA) is 55.6 Å². The minimum Gasteiger partial charge on any atom is -0.495 e. The molecule has 0 radical (unpaired) electrons. The Balaban J connectivity index is 2.07. The largest absolute Gasteiger partial charge is 0.495 e. The van der Waals surface area contributed by atoms with Crippen LogP contribution in [-0.4, -0.2) is 19.1 Å². The van der Waals surface area contributed by atoms with E-state index in [-0.39, 0.29) is 10.6 Å². The molecule has 5 heteroatoms. The number of nitro benzene ring substituents is 1. The quantitative estimate of drug-likeness (QED) is 0.348. The first kappa shape index (κ1) is 16.8. The number of benzene rings is 4. The number of anilines is 2. The summed E-state index contributed by atoms with van der Waals surface area (Å²) in [4.78, 5) is 13.3. The molecule has 0 saturated carbocycles. The second kappa shape index (κ2) is 6.61. The fraction of sp³-hybridized carbons (Fsp3) is 0.0909. The van der Waals surface area contributed by atoms with Crippen LogP contribution >= 0.6 is 0 Å². The maximum atomic E-state index is 11.8. The first-order valence-corrected chi connectivity index (χ1v) is 8.57. The van der Waals surface area contributed by atoms with Gasteiger partial charge < -0.3 is 9.64 Å². The van der Waals surface area contributed by atoms with E-state index in [1.807, 2.05) is 72.6 Å². The van der Waals surface area contributed by atoms with Crippen molar-refractivity contribution in [2.24, 2.45) is 0 Å². The molecule has 4 aromatic rings. The van der Waals surface area contributed by atoms with Gasteiger partial charge in [-0.15, -0.1) is 0 Å². The predicted molar refractivity (Wildman–Crippen MR) is 109 cm³/mol. The van der Waals surface area contributed by atoms with Gasteiger partial charge in [0, 0.05) is 23.9 Å². The molecule has 0 aliphatic rings. The minimum absolute atomic E-state index is 0.0613. The zero-order valence-electron chi connectivity index (χ0n) is 15.0.